The molecule has 56 heavy (non-hydrogen) atoms. The number of hydrogen-bond donors (Lipinski definition) is 5. The van der Waals surface area contributed by atoms with Crippen LogP contribution in [0.15, 0.2) is 108 Å². The molecular weight excluding hydrogens is 714 g/mol. The molecule has 5 N–H and O–H groups in total. The molecule has 3 aromatic carbocycles. The van der Waals surface area contributed by atoms with E-state index in [4.69, 9.17) is 9.47 Å². The highest BCUT2D eigenvalue weighted by atomic mass is 16.6. The van der Waals surface area contributed by atoms with Gasteiger partial charge in [0.15, 0.2) is 0 Å². The molecule has 0 aliphatic carbocycles. The molecule has 0 aliphatic rings. The molecule has 0 radical (unpaired) electrons. The van der Waals surface area contributed by atoms with Crippen molar-refractivity contribution in [2.45, 2.75) is 66.2 Å². The number of alkyl carbamates (subject to hydrolysis) is 1. The van der Waals surface area contributed by atoms with Gasteiger partial charge >= 0.3 is 12.1 Å². The van der Waals surface area contributed by atoms with Crippen molar-refractivity contribution in [3.8, 4) is 0 Å². The molecule has 0 aromatic heterocycles. The van der Waals surface area contributed by atoms with Gasteiger partial charge in [0, 0.05) is 0 Å². The molecule has 5 amide bonds. The van der Waals surface area contributed by atoms with Crippen LogP contribution in [0.5, 0.6) is 0 Å². The highest BCUT2D eigenvalue weighted by molar-refractivity contribution is 6.11. The molecule has 2 atom stereocenters. The Kier molecular flexibility index (Phi) is 16.3. The Morgan fingerprint density at radius 2 is 0.911 bits per heavy atom. The maximum absolute atomic E-state index is 14.2. The molecular formula is C43H51N5O8. The van der Waals surface area contributed by atoms with Crippen LogP contribution in [0.25, 0.3) is 18.2 Å². The highest BCUT2D eigenvalue weighted by Gasteiger charge is 2.30. The number of methoxy groups -OCH3 is 1. The van der Waals surface area contributed by atoms with E-state index in [0.717, 1.165) is 0 Å². The fourth-order valence-electron chi connectivity index (χ4n) is 5.03. The molecule has 0 heterocycles. The van der Waals surface area contributed by atoms with Crippen LogP contribution in [-0.2, 0) is 33.4 Å². The van der Waals surface area contributed by atoms with Gasteiger partial charge in [-0.2, -0.15) is 0 Å². The third kappa shape index (κ3) is 14.4. The minimum Gasteiger partial charge on any atom is -0.467 e. The van der Waals surface area contributed by atoms with E-state index in [0.29, 0.717) is 16.7 Å². The number of ether oxygens (including phenoxy) is 2. The first-order valence-corrected chi connectivity index (χ1v) is 18.1. The van der Waals surface area contributed by atoms with Gasteiger partial charge in [-0.25, -0.2) is 9.59 Å². The predicted octanol–water partition coefficient (Wildman–Crippen LogP) is 5.32. The van der Waals surface area contributed by atoms with E-state index in [2.05, 4.69) is 26.6 Å². The molecule has 296 valence electrons. The summed E-state index contributed by atoms with van der Waals surface area (Å²) in [6, 6.07) is 23.9. The molecule has 13 heteroatoms. The summed E-state index contributed by atoms with van der Waals surface area (Å²) in [5.74, 6) is -4.72. The van der Waals surface area contributed by atoms with Crippen LogP contribution < -0.4 is 26.6 Å². The summed E-state index contributed by atoms with van der Waals surface area (Å²) in [5, 5.41) is 13.0. The van der Waals surface area contributed by atoms with Crippen LogP contribution >= 0.6 is 0 Å². The number of esters is 1. The molecule has 0 unspecified atom stereocenters. The lowest BCUT2D eigenvalue weighted by Gasteiger charge is -2.25. The number of nitrogens with one attached hydrogen (secondary N) is 5. The van der Waals surface area contributed by atoms with Gasteiger partial charge in [0.05, 0.1) is 7.11 Å². The first-order chi connectivity index (χ1) is 26.5. The fraction of sp³-hybridized carbons (Fsp3) is 0.302. The number of hydrogen-bond acceptors (Lipinski definition) is 8. The van der Waals surface area contributed by atoms with Crippen LogP contribution in [0.3, 0.4) is 0 Å². The van der Waals surface area contributed by atoms with Crippen LogP contribution in [0.1, 0.15) is 65.2 Å². The standard InChI is InChI=1S/C43H51N5O8/c1-27(2)35(48-42(54)56-43(5,6)7)40(52)46-33(25-30-20-14-10-15-21-30)38(50)44-32(24-29-18-12-9-13-19-29)37(49)45-34(26-31-22-16-11-17-23-31)39(51)47-36(28(3)4)41(53)55-8/h9-28,35-36H,1-8H3,(H,44,50)(H,45,49)(H,46,52)(H,47,51)(H,48,54)/b32-24+,33-25-,34-26+/t35-,36-/m0/s1. The zero-order chi connectivity index (χ0) is 41.4. The van der Waals surface area contributed by atoms with Crippen molar-refractivity contribution in [1.29, 1.82) is 0 Å². The Bertz CT molecular complexity index is 1930. The zero-order valence-electron chi connectivity index (χ0n) is 33.0. The van der Waals surface area contributed by atoms with Crippen LogP contribution in [0.2, 0.25) is 0 Å². The van der Waals surface area contributed by atoms with Crippen molar-refractivity contribution in [2.75, 3.05) is 7.11 Å². The summed E-state index contributed by atoms with van der Waals surface area (Å²) in [5.41, 5.74) is 0.0435. The molecule has 3 aromatic rings. The summed E-state index contributed by atoms with van der Waals surface area (Å²) < 4.78 is 10.2. The second-order valence-corrected chi connectivity index (χ2v) is 14.4. The summed E-state index contributed by atoms with van der Waals surface area (Å²) in [6.45, 7) is 12.0. The second kappa shape index (κ2) is 20.8. The third-order valence-corrected chi connectivity index (χ3v) is 7.85. The lowest BCUT2D eigenvalue weighted by atomic mass is 10.0. The van der Waals surface area contributed by atoms with Gasteiger partial charge in [-0.3, -0.25) is 19.2 Å². The van der Waals surface area contributed by atoms with Crippen molar-refractivity contribution in [3.63, 3.8) is 0 Å². The average molecular weight is 766 g/mol. The number of rotatable bonds is 15. The molecule has 0 saturated heterocycles. The lowest BCUT2D eigenvalue weighted by molar-refractivity contribution is -0.146. The van der Waals surface area contributed by atoms with Crippen molar-refractivity contribution in [2.24, 2.45) is 11.8 Å². The zero-order valence-corrected chi connectivity index (χ0v) is 33.0. The third-order valence-electron chi connectivity index (χ3n) is 7.85. The summed E-state index contributed by atoms with van der Waals surface area (Å²) in [6.07, 6.45) is 3.43. The van der Waals surface area contributed by atoms with Crippen molar-refractivity contribution in [1.82, 2.24) is 26.6 Å². The second-order valence-electron chi connectivity index (χ2n) is 14.4. The van der Waals surface area contributed by atoms with E-state index in [9.17, 15) is 28.8 Å². The van der Waals surface area contributed by atoms with Gasteiger partial charge < -0.3 is 36.1 Å². The van der Waals surface area contributed by atoms with Gasteiger partial charge in [0.25, 0.3) is 17.7 Å². The van der Waals surface area contributed by atoms with E-state index in [1.807, 2.05) is 0 Å². The quantitative estimate of drug-likeness (QED) is 0.102. The molecule has 0 spiro atoms. The van der Waals surface area contributed by atoms with Crippen LogP contribution in [-0.4, -0.2) is 60.5 Å². The molecule has 3 rings (SSSR count). The SMILES string of the molecule is COC(=O)[C@@H](NC(=O)/C(=C\c1ccccc1)NC(=O)/C(=C\c1ccccc1)NC(=O)/C(=C/c1ccccc1)NC(=O)[C@@H](NC(=O)OC(C)(C)C)C(C)C)C(C)C. The monoisotopic (exact) mass is 765 g/mol. The normalized spacial score (nSPS) is 13.2. The Balaban J connectivity index is 2.04. The Morgan fingerprint density at radius 1 is 0.536 bits per heavy atom. The average Bonchev–Trinajstić information content (AvgIpc) is 3.15. The number of benzene rings is 3. The first kappa shape index (κ1) is 43.9. The smallest absolute Gasteiger partial charge is 0.408 e. The fourth-order valence-corrected chi connectivity index (χ4v) is 5.03. The summed E-state index contributed by atoms with van der Waals surface area (Å²) in [7, 11) is 1.21. The molecule has 0 aliphatic heterocycles. The molecule has 0 bridgehead atoms. The van der Waals surface area contributed by atoms with Crippen molar-refractivity contribution < 1.29 is 38.2 Å². The maximum Gasteiger partial charge on any atom is 0.408 e. The van der Waals surface area contributed by atoms with Crippen molar-refractivity contribution >= 4 is 53.9 Å². The van der Waals surface area contributed by atoms with Gasteiger partial charge in [-0.05, 0) is 67.5 Å². The summed E-state index contributed by atoms with van der Waals surface area (Å²) >= 11 is 0. The van der Waals surface area contributed by atoms with E-state index in [1.54, 1.807) is 139 Å². The topological polar surface area (TPSA) is 181 Å². The first-order valence-electron chi connectivity index (χ1n) is 18.1. The number of carbonyl (C=O) groups is 6. The maximum atomic E-state index is 14.2. The van der Waals surface area contributed by atoms with Gasteiger partial charge in [0.2, 0.25) is 5.91 Å². The van der Waals surface area contributed by atoms with Crippen LogP contribution in [0, 0.1) is 11.8 Å². The molecule has 0 fully saturated rings. The molecule has 13 nitrogen and oxygen atoms in total. The predicted molar refractivity (Wildman–Crippen MR) is 214 cm³/mol. The Labute approximate surface area is 328 Å². The van der Waals surface area contributed by atoms with E-state index >= 15 is 0 Å². The minimum atomic E-state index is -1.11. The van der Waals surface area contributed by atoms with Gasteiger partial charge in [0.1, 0.15) is 34.8 Å². The van der Waals surface area contributed by atoms with E-state index in [1.165, 1.54) is 25.3 Å². The van der Waals surface area contributed by atoms with Crippen molar-refractivity contribution in [3.05, 3.63) is 125 Å². The van der Waals surface area contributed by atoms with Crippen LogP contribution in [0.4, 0.5) is 4.79 Å². The number of carbonyl (C=O) groups excluding carboxylic acids is 6. The Morgan fingerprint density at radius 3 is 1.27 bits per heavy atom. The highest BCUT2D eigenvalue weighted by Crippen LogP contribution is 2.14. The Hall–Kier alpha value is -6.50. The summed E-state index contributed by atoms with van der Waals surface area (Å²) in [4.78, 5) is 80.9. The minimum absolute atomic E-state index is 0.231. The van der Waals surface area contributed by atoms with Gasteiger partial charge in [-0.1, -0.05) is 119 Å². The van der Waals surface area contributed by atoms with E-state index < -0.39 is 59.3 Å². The number of amides is 5. The lowest BCUT2D eigenvalue weighted by Crippen LogP contribution is -2.52. The largest absolute Gasteiger partial charge is 0.467 e. The molecule has 0 saturated carbocycles. The van der Waals surface area contributed by atoms with Gasteiger partial charge in [-0.15, -0.1) is 0 Å². The van der Waals surface area contributed by atoms with E-state index in [-0.39, 0.29) is 23.0 Å².